The Morgan fingerprint density at radius 3 is 1.60 bits per heavy atom. The molecule has 0 heterocycles. The van der Waals surface area contributed by atoms with Gasteiger partial charge in [-0.15, -0.1) is 17.0 Å². The number of hydrogen-bond donors (Lipinski definition) is 2. The first kappa shape index (κ1) is 16.2. The Morgan fingerprint density at radius 2 is 1.40 bits per heavy atom. The van der Waals surface area contributed by atoms with Crippen LogP contribution in [0.2, 0.25) is 0 Å². The molecule has 0 saturated heterocycles. The van der Waals surface area contributed by atoms with Crippen LogP contribution >= 0.6 is 17.0 Å². The molecule has 1 rings (SSSR count). The molecule has 0 bridgehead atoms. The van der Waals surface area contributed by atoms with Crippen LogP contribution in [0.1, 0.15) is 0 Å². The van der Waals surface area contributed by atoms with E-state index in [4.69, 9.17) is 5.11 Å². The Hall–Kier alpha value is -0.580. The molecule has 0 amide bonds. The van der Waals surface area contributed by atoms with Gasteiger partial charge in [0, 0.05) is 0 Å². The van der Waals surface area contributed by atoms with Crippen molar-refractivity contribution in [2.24, 2.45) is 0 Å². The van der Waals surface area contributed by atoms with Crippen molar-refractivity contribution in [2.75, 3.05) is 0 Å². The average Bonchev–Trinajstić information content (AvgIpc) is 1.69. The number of benzene rings is 1. The van der Waals surface area contributed by atoms with Crippen LogP contribution < -0.4 is 6.15 Å². The van der Waals surface area contributed by atoms with Crippen molar-refractivity contribution in [3.8, 4) is 5.75 Å². The van der Waals surface area contributed by atoms with Gasteiger partial charge < -0.3 is 16.7 Å². The summed E-state index contributed by atoms with van der Waals surface area (Å²) in [6, 6.07) is 8.71. The zero-order valence-electron chi connectivity index (χ0n) is 5.45. The van der Waals surface area contributed by atoms with E-state index in [1.807, 2.05) is 6.07 Å². The van der Waals surface area contributed by atoms with Gasteiger partial charge in [-0.05, 0) is 12.1 Å². The van der Waals surface area contributed by atoms with Crippen molar-refractivity contribution in [2.45, 2.75) is 0 Å². The van der Waals surface area contributed by atoms with E-state index in [2.05, 4.69) is 0 Å². The summed E-state index contributed by atoms with van der Waals surface area (Å²) in [4.78, 5) is 0. The zero-order valence-corrected chi connectivity index (χ0v) is 7.16. The third-order valence-electron chi connectivity index (χ3n) is 0.756. The van der Waals surface area contributed by atoms with Gasteiger partial charge in [0.05, 0.1) is 0 Å². The minimum Gasteiger partial charge on any atom is -0.508 e. The lowest BCUT2D eigenvalue weighted by molar-refractivity contribution is 0.475. The number of rotatable bonds is 0. The van der Waals surface area contributed by atoms with E-state index in [1.165, 1.54) is 0 Å². The van der Waals surface area contributed by atoms with Crippen molar-refractivity contribution < 1.29 is 10.6 Å². The molecule has 0 aliphatic rings. The van der Waals surface area contributed by atoms with Crippen LogP contribution in [0.25, 0.3) is 0 Å². The Bertz CT molecular complexity index is 146. The molecule has 4 heteroatoms. The summed E-state index contributed by atoms with van der Waals surface area (Å²) in [5.41, 5.74) is 0. The predicted molar refractivity (Wildman–Crippen MR) is 47.1 cm³/mol. The minimum absolute atomic E-state index is 0. The maximum absolute atomic E-state index is 8.63. The molecule has 6 N–H and O–H groups in total. The topological polar surface area (TPSA) is 86.7 Å². The van der Waals surface area contributed by atoms with E-state index in [1.54, 1.807) is 24.3 Å². The van der Waals surface area contributed by atoms with Crippen LogP contribution in [0.5, 0.6) is 5.75 Å². The fraction of sp³-hybridized carbons (Fsp3) is 0. The smallest absolute Gasteiger partial charge is 0.115 e. The highest BCUT2D eigenvalue weighted by atomic mass is 79.9. The van der Waals surface area contributed by atoms with Crippen molar-refractivity contribution in [1.82, 2.24) is 6.15 Å². The van der Waals surface area contributed by atoms with Crippen LogP contribution in [0.15, 0.2) is 30.3 Å². The fourth-order valence-corrected chi connectivity index (χ4v) is 0.428. The molecule has 1 aromatic rings. The van der Waals surface area contributed by atoms with Crippen LogP contribution in [-0.2, 0) is 0 Å². The van der Waals surface area contributed by atoms with Crippen molar-refractivity contribution in [3.05, 3.63) is 30.3 Å². The first-order valence-electron chi connectivity index (χ1n) is 2.13. The molecule has 10 heavy (non-hydrogen) atoms. The van der Waals surface area contributed by atoms with Gasteiger partial charge in [-0.3, -0.25) is 0 Å². The molecule has 3 nitrogen and oxygen atoms in total. The van der Waals surface area contributed by atoms with E-state index in [0.29, 0.717) is 5.75 Å². The molecule has 0 atom stereocenters. The second-order valence-corrected chi connectivity index (χ2v) is 1.34. The Balaban J connectivity index is -0.000000163. The van der Waals surface area contributed by atoms with Gasteiger partial charge in [0.1, 0.15) is 5.75 Å². The van der Waals surface area contributed by atoms with Crippen LogP contribution in [0, 0.1) is 0 Å². The third kappa shape index (κ3) is 5.55. The number of para-hydroxylation sites is 1. The summed E-state index contributed by atoms with van der Waals surface area (Å²) in [5, 5.41) is 8.63. The molecule has 0 unspecified atom stereocenters. The average molecular weight is 210 g/mol. The monoisotopic (exact) mass is 209 g/mol. The first-order valence-corrected chi connectivity index (χ1v) is 2.13. The van der Waals surface area contributed by atoms with E-state index in [0.717, 1.165) is 0 Å². The third-order valence-corrected chi connectivity index (χ3v) is 0.756. The highest BCUT2D eigenvalue weighted by Gasteiger charge is 1.74. The van der Waals surface area contributed by atoms with Gasteiger partial charge in [0.25, 0.3) is 0 Å². The quantitative estimate of drug-likeness (QED) is 0.676. The number of aromatic hydroxyl groups is 1. The summed E-state index contributed by atoms with van der Waals surface area (Å²) in [6.45, 7) is 0. The number of phenolic OH excluding ortho intramolecular Hbond substituents is 1. The maximum atomic E-state index is 8.63. The SMILES string of the molecule is Br.N.O.Oc1ccccc1. The zero-order chi connectivity index (χ0) is 5.11. The van der Waals surface area contributed by atoms with E-state index in [-0.39, 0.29) is 28.6 Å². The second kappa shape index (κ2) is 8.42. The van der Waals surface area contributed by atoms with Crippen molar-refractivity contribution in [1.29, 1.82) is 0 Å². The molecule has 1 aromatic carbocycles. The van der Waals surface area contributed by atoms with Crippen molar-refractivity contribution in [3.63, 3.8) is 0 Å². The van der Waals surface area contributed by atoms with Crippen molar-refractivity contribution >= 4 is 17.0 Å². The van der Waals surface area contributed by atoms with E-state index in [9.17, 15) is 0 Å². The summed E-state index contributed by atoms with van der Waals surface area (Å²) < 4.78 is 0. The molecular formula is C6H12BrNO2. The van der Waals surface area contributed by atoms with Crippen LogP contribution in [0.3, 0.4) is 0 Å². The lowest BCUT2D eigenvalue weighted by Gasteiger charge is -1.82. The number of halogens is 1. The minimum atomic E-state index is 0. The number of phenols is 1. The fourth-order valence-electron chi connectivity index (χ4n) is 0.428. The van der Waals surface area contributed by atoms with Gasteiger partial charge in [-0.2, -0.15) is 0 Å². The highest BCUT2D eigenvalue weighted by molar-refractivity contribution is 8.93. The van der Waals surface area contributed by atoms with Gasteiger partial charge >= 0.3 is 0 Å². The molecule has 0 aliphatic heterocycles. The van der Waals surface area contributed by atoms with Gasteiger partial charge in [0.15, 0.2) is 0 Å². The Labute approximate surface area is 70.4 Å². The molecule has 0 aromatic heterocycles. The Kier molecular flexibility index (Phi) is 13.6. The highest BCUT2D eigenvalue weighted by Crippen LogP contribution is 2.02. The molecule has 0 spiro atoms. The Morgan fingerprint density at radius 1 is 1.00 bits per heavy atom. The number of hydrogen-bond acceptors (Lipinski definition) is 2. The summed E-state index contributed by atoms with van der Waals surface area (Å²) in [6.07, 6.45) is 0. The lowest BCUT2D eigenvalue weighted by atomic mass is 10.3. The maximum Gasteiger partial charge on any atom is 0.115 e. The molecule has 0 fully saturated rings. The lowest BCUT2D eigenvalue weighted by Crippen LogP contribution is -1.56. The summed E-state index contributed by atoms with van der Waals surface area (Å²) >= 11 is 0. The molecule has 0 aliphatic carbocycles. The van der Waals surface area contributed by atoms with E-state index < -0.39 is 0 Å². The van der Waals surface area contributed by atoms with Crippen LogP contribution in [0.4, 0.5) is 0 Å². The van der Waals surface area contributed by atoms with Gasteiger partial charge in [0.2, 0.25) is 0 Å². The molecular weight excluding hydrogens is 198 g/mol. The van der Waals surface area contributed by atoms with Gasteiger partial charge in [-0.25, -0.2) is 0 Å². The summed E-state index contributed by atoms with van der Waals surface area (Å²) in [5.74, 6) is 0.322. The standard InChI is InChI=1S/C6H6O.BrH.H3N.H2O/c7-6-4-2-1-3-5-6;;;/h1-5,7H;1H;1H3;1H2. The second-order valence-electron chi connectivity index (χ2n) is 1.34. The predicted octanol–water partition coefficient (Wildman–Crippen LogP) is 1.31. The first-order chi connectivity index (χ1) is 3.39. The van der Waals surface area contributed by atoms with Gasteiger partial charge in [-0.1, -0.05) is 18.2 Å². The normalized spacial score (nSPS) is 6.00. The molecule has 60 valence electrons. The molecule has 0 radical (unpaired) electrons. The summed E-state index contributed by atoms with van der Waals surface area (Å²) in [7, 11) is 0. The molecule has 0 saturated carbocycles. The van der Waals surface area contributed by atoms with Crippen LogP contribution in [-0.4, -0.2) is 10.6 Å². The van der Waals surface area contributed by atoms with E-state index >= 15 is 0 Å². The largest absolute Gasteiger partial charge is 0.508 e.